The van der Waals surface area contributed by atoms with E-state index in [1.54, 1.807) is 0 Å². The van der Waals surface area contributed by atoms with Crippen LogP contribution < -0.4 is 5.32 Å². The molecule has 1 aliphatic heterocycles. The van der Waals surface area contributed by atoms with Crippen LogP contribution in [-0.4, -0.2) is 18.3 Å². The fourth-order valence-corrected chi connectivity index (χ4v) is 2.13. The summed E-state index contributed by atoms with van der Waals surface area (Å²) in [6.45, 7) is 2.44. The second-order valence-corrected chi connectivity index (χ2v) is 3.63. The van der Waals surface area contributed by atoms with Crippen molar-refractivity contribution in [2.75, 3.05) is 13.1 Å². The average Bonchev–Trinajstić information content (AvgIpc) is 2.29. The Hall–Kier alpha value is 0.310. The van der Waals surface area contributed by atoms with E-state index in [0.717, 1.165) is 5.25 Å². The molecule has 1 aliphatic carbocycles. The maximum Gasteiger partial charge on any atom is 0.00924 e. The summed E-state index contributed by atoms with van der Waals surface area (Å²) in [7, 11) is 0. The first-order valence-corrected chi connectivity index (χ1v) is 3.74. The van der Waals surface area contributed by atoms with Crippen molar-refractivity contribution < 1.29 is 0 Å². The molecule has 0 aromatic rings. The molecule has 1 nitrogen and oxygen atoms in total. The molecule has 1 saturated heterocycles. The first-order valence-electron chi connectivity index (χ1n) is 3.22. The van der Waals surface area contributed by atoms with Crippen molar-refractivity contribution in [3.8, 4) is 0 Å². The third kappa shape index (κ3) is 0.531. The van der Waals surface area contributed by atoms with Crippen LogP contribution in [0.3, 0.4) is 0 Å². The van der Waals surface area contributed by atoms with Crippen LogP contribution in [-0.2, 0) is 0 Å². The van der Waals surface area contributed by atoms with Crippen molar-refractivity contribution >= 4 is 12.6 Å². The van der Waals surface area contributed by atoms with Gasteiger partial charge in [-0.2, -0.15) is 12.6 Å². The standard InChI is InChI=1S/C6H11NS/c8-5-3-6(5)1-2-7-4-6/h5,7-8H,1-4H2. The lowest BCUT2D eigenvalue weighted by Crippen LogP contribution is -2.10. The summed E-state index contributed by atoms with van der Waals surface area (Å²) >= 11 is 4.42. The lowest BCUT2D eigenvalue weighted by Gasteiger charge is -2.00. The van der Waals surface area contributed by atoms with Crippen LogP contribution in [0.25, 0.3) is 0 Å². The van der Waals surface area contributed by atoms with E-state index in [-0.39, 0.29) is 0 Å². The number of hydrogen-bond acceptors (Lipinski definition) is 2. The highest BCUT2D eigenvalue weighted by Crippen LogP contribution is 2.53. The van der Waals surface area contributed by atoms with Gasteiger partial charge in [-0.1, -0.05) is 0 Å². The van der Waals surface area contributed by atoms with E-state index in [0.29, 0.717) is 5.41 Å². The lowest BCUT2D eigenvalue weighted by molar-refractivity contribution is 0.578. The predicted octanol–water partition coefficient (Wildman–Crippen LogP) is 0.668. The Morgan fingerprint density at radius 1 is 1.62 bits per heavy atom. The number of hydrogen-bond donors (Lipinski definition) is 2. The van der Waals surface area contributed by atoms with E-state index in [1.807, 2.05) is 0 Å². The molecule has 2 atom stereocenters. The molecule has 0 amide bonds. The summed E-state index contributed by atoms with van der Waals surface area (Å²) in [6.07, 6.45) is 2.71. The van der Waals surface area contributed by atoms with Crippen molar-refractivity contribution in [2.24, 2.45) is 5.41 Å². The Morgan fingerprint density at radius 2 is 2.38 bits per heavy atom. The largest absolute Gasteiger partial charge is 0.316 e. The van der Waals surface area contributed by atoms with Gasteiger partial charge >= 0.3 is 0 Å². The van der Waals surface area contributed by atoms with Gasteiger partial charge in [0.1, 0.15) is 0 Å². The minimum absolute atomic E-state index is 0.656. The molecular formula is C6H11NS. The second-order valence-electron chi connectivity index (χ2n) is 3.01. The van der Waals surface area contributed by atoms with Gasteiger partial charge in [0.15, 0.2) is 0 Å². The fraction of sp³-hybridized carbons (Fsp3) is 1.00. The molecule has 1 saturated carbocycles. The quantitative estimate of drug-likeness (QED) is 0.458. The highest BCUT2D eigenvalue weighted by atomic mass is 32.1. The summed E-state index contributed by atoms with van der Waals surface area (Å²) in [4.78, 5) is 0. The smallest absolute Gasteiger partial charge is 0.00924 e. The van der Waals surface area contributed by atoms with Crippen molar-refractivity contribution in [2.45, 2.75) is 18.1 Å². The number of rotatable bonds is 0. The average molecular weight is 129 g/mol. The van der Waals surface area contributed by atoms with Gasteiger partial charge in [0.25, 0.3) is 0 Å². The molecule has 0 aromatic heterocycles. The maximum absolute atomic E-state index is 4.42. The van der Waals surface area contributed by atoms with Crippen LogP contribution in [0.5, 0.6) is 0 Å². The van der Waals surface area contributed by atoms with E-state index >= 15 is 0 Å². The van der Waals surface area contributed by atoms with Gasteiger partial charge in [0.2, 0.25) is 0 Å². The molecule has 0 aromatic carbocycles. The molecule has 2 aliphatic rings. The second kappa shape index (κ2) is 1.42. The predicted molar refractivity (Wildman–Crippen MR) is 37.3 cm³/mol. The zero-order valence-corrected chi connectivity index (χ0v) is 5.75. The summed E-state index contributed by atoms with van der Waals surface area (Å²) in [5.74, 6) is 0. The molecule has 46 valence electrons. The Bertz CT molecular complexity index is 107. The van der Waals surface area contributed by atoms with Crippen molar-refractivity contribution in [1.29, 1.82) is 0 Å². The van der Waals surface area contributed by atoms with Crippen LogP contribution in [0.15, 0.2) is 0 Å². The van der Waals surface area contributed by atoms with Crippen LogP contribution in [0.4, 0.5) is 0 Å². The Labute approximate surface area is 55.3 Å². The van der Waals surface area contributed by atoms with E-state index in [2.05, 4.69) is 17.9 Å². The van der Waals surface area contributed by atoms with Gasteiger partial charge in [-0.3, -0.25) is 0 Å². The normalized spacial score (nSPS) is 52.9. The van der Waals surface area contributed by atoms with Crippen molar-refractivity contribution in [3.63, 3.8) is 0 Å². The zero-order chi connectivity index (χ0) is 5.61. The van der Waals surface area contributed by atoms with E-state index in [1.165, 1.54) is 25.9 Å². The van der Waals surface area contributed by atoms with Gasteiger partial charge in [0.05, 0.1) is 0 Å². The molecule has 2 unspecified atom stereocenters. The molecule has 1 spiro atoms. The molecule has 0 radical (unpaired) electrons. The highest BCUT2D eigenvalue weighted by Gasteiger charge is 2.53. The first-order chi connectivity index (χ1) is 3.83. The monoisotopic (exact) mass is 129 g/mol. The van der Waals surface area contributed by atoms with E-state index < -0.39 is 0 Å². The fourth-order valence-electron chi connectivity index (χ4n) is 1.55. The molecule has 1 heterocycles. The van der Waals surface area contributed by atoms with Gasteiger partial charge in [-0.05, 0) is 24.8 Å². The lowest BCUT2D eigenvalue weighted by atomic mass is 10.1. The summed E-state index contributed by atoms with van der Waals surface area (Å²) in [6, 6.07) is 0. The van der Waals surface area contributed by atoms with Crippen LogP contribution >= 0.6 is 12.6 Å². The van der Waals surface area contributed by atoms with Gasteiger partial charge in [0, 0.05) is 11.8 Å². The van der Waals surface area contributed by atoms with E-state index in [4.69, 9.17) is 0 Å². The molecule has 8 heavy (non-hydrogen) atoms. The minimum Gasteiger partial charge on any atom is -0.316 e. The molecule has 0 bridgehead atoms. The number of nitrogens with one attached hydrogen (secondary N) is 1. The molecule has 1 N–H and O–H groups in total. The maximum atomic E-state index is 4.42. The van der Waals surface area contributed by atoms with Crippen molar-refractivity contribution in [3.05, 3.63) is 0 Å². The molecular weight excluding hydrogens is 118 g/mol. The minimum atomic E-state index is 0.656. The topological polar surface area (TPSA) is 12.0 Å². The number of thiol groups is 1. The van der Waals surface area contributed by atoms with Gasteiger partial charge in [-0.15, -0.1) is 0 Å². The van der Waals surface area contributed by atoms with Crippen LogP contribution in [0.1, 0.15) is 12.8 Å². The molecule has 2 rings (SSSR count). The third-order valence-corrected chi connectivity index (χ3v) is 3.15. The third-order valence-electron chi connectivity index (χ3n) is 2.42. The highest BCUT2D eigenvalue weighted by molar-refractivity contribution is 7.81. The Morgan fingerprint density at radius 3 is 2.62 bits per heavy atom. The summed E-state index contributed by atoms with van der Waals surface area (Å²) in [5, 5.41) is 4.08. The van der Waals surface area contributed by atoms with Gasteiger partial charge in [-0.25, -0.2) is 0 Å². The van der Waals surface area contributed by atoms with Crippen molar-refractivity contribution in [1.82, 2.24) is 5.32 Å². The summed E-state index contributed by atoms with van der Waals surface area (Å²) < 4.78 is 0. The van der Waals surface area contributed by atoms with Gasteiger partial charge < -0.3 is 5.32 Å². The molecule has 2 heteroatoms. The first kappa shape index (κ1) is 5.12. The zero-order valence-electron chi connectivity index (χ0n) is 4.85. The molecule has 2 fully saturated rings. The Balaban J connectivity index is 2.06. The van der Waals surface area contributed by atoms with Crippen LogP contribution in [0.2, 0.25) is 0 Å². The Kier molecular flexibility index (Phi) is 0.910. The van der Waals surface area contributed by atoms with Crippen LogP contribution in [0, 0.1) is 5.41 Å². The van der Waals surface area contributed by atoms with E-state index in [9.17, 15) is 0 Å². The SMILES string of the molecule is SC1CC12CCNC2. The summed E-state index contributed by atoms with van der Waals surface area (Å²) in [5.41, 5.74) is 0.656.